The third-order valence-corrected chi connectivity index (χ3v) is 5.36. The Morgan fingerprint density at radius 2 is 1.86 bits per heavy atom. The second kappa shape index (κ2) is 11.9. The average Bonchev–Trinajstić information content (AvgIpc) is 3.32. The lowest BCUT2D eigenvalue weighted by atomic mass is 10.2. The van der Waals surface area contributed by atoms with Crippen LogP contribution in [0.2, 0.25) is 0 Å². The van der Waals surface area contributed by atoms with Crippen LogP contribution in [0.4, 0.5) is 0 Å². The molecule has 3 rings (SSSR count). The SMILES string of the molecule is CN(C)C(=O)CN=C(NCC1CCCO1)N1CCN(CC(=O)NC2CC2)CC1.I. The van der Waals surface area contributed by atoms with Gasteiger partial charge in [-0.2, -0.15) is 0 Å². The first-order valence-electron chi connectivity index (χ1n) is 10.4. The molecule has 3 aliphatic rings. The summed E-state index contributed by atoms with van der Waals surface area (Å²) in [6, 6.07) is 0.406. The zero-order valence-corrected chi connectivity index (χ0v) is 19.9. The number of nitrogens with one attached hydrogen (secondary N) is 2. The Hall–Kier alpha value is -1.14. The van der Waals surface area contributed by atoms with Crippen LogP contribution in [0.5, 0.6) is 0 Å². The van der Waals surface area contributed by atoms with E-state index in [9.17, 15) is 9.59 Å². The van der Waals surface area contributed by atoms with Gasteiger partial charge in [0.05, 0.1) is 12.6 Å². The molecule has 1 saturated carbocycles. The summed E-state index contributed by atoms with van der Waals surface area (Å²) in [5.41, 5.74) is 0. The second-order valence-corrected chi connectivity index (χ2v) is 8.05. The average molecular weight is 522 g/mol. The van der Waals surface area contributed by atoms with Gasteiger partial charge in [0.15, 0.2) is 5.96 Å². The summed E-state index contributed by atoms with van der Waals surface area (Å²) in [5, 5.41) is 6.44. The van der Waals surface area contributed by atoms with Crippen LogP contribution in [0.3, 0.4) is 0 Å². The van der Waals surface area contributed by atoms with Crippen molar-refractivity contribution in [3.63, 3.8) is 0 Å². The number of hydrogen-bond acceptors (Lipinski definition) is 5. The standard InChI is InChI=1S/C19H34N6O3.HI/c1-23(2)18(27)13-21-19(20-12-16-4-3-11-28-16)25-9-7-24(8-10-25)14-17(26)22-15-5-6-15;/h15-16H,3-14H2,1-2H3,(H,20,21)(H,22,26);1H. The summed E-state index contributed by atoms with van der Waals surface area (Å²) in [7, 11) is 3.48. The first kappa shape index (κ1) is 24.1. The maximum atomic E-state index is 12.0. The number of guanidine groups is 1. The molecule has 1 aliphatic carbocycles. The lowest BCUT2D eigenvalue weighted by molar-refractivity contribution is -0.127. The number of halogens is 1. The molecule has 29 heavy (non-hydrogen) atoms. The number of hydrogen-bond donors (Lipinski definition) is 2. The van der Waals surface area contributed by atoms with Crippen molar-refractivity contribution >= 4 is 41.8 Å². The number of rotatable bonds is 7. The Morgan fingerprint density at radius 1 is 1.14 bits per heavy atom. The number of ether oxygens (including phenoxy) is 1. The summed E-state index contributed by atoms with van der Waals surface area (Å²) in [5.74, 6) is 0.859. The Morgan fingerprint density at radius 3 is 2.45 bits per heavy atom. The van der Waals surface area contributed by atoms with Crippen molar-refractivity contribution < 1.29 is 14.3 Å². The maximum Gasteiger partial charge on any atom is 0.243 e. The third-order valence-electron chi connectivity index (χ3n) is 5.36. The zero-order chi connectivity index (χ0) is 19.9. The molecule has 0 radical (unpaired) electrons. The van der Waals surface area contributed by atoms with Crippen molar-refractivity contribution in [1.29, 1.82) is 0 Å². The Bertz CT molecular complexity index is 570. The van der Waals surface area contributed by atoms with Crippen LogP contribution in [0, 0.1) is 0 Å². The first-order valence-corrected chi connectivity index (χ1v) is 10.4. The highest BCUT2D eigenvalue weighted by molar-refractivity contribution is 14.0. The van der Waals surface area contributed by atoms with Crippen LogP contribution >= 0.6 is 24.0 Å². The fourth-order valence-corrected chi connectivity index (χ4v) is 3.38. The van der Waals surface area contributed by atoms with Gasteiger partial charge in [-0.1, -0.05) is 0 Å². The normalized spacial score (nSPS) is 22.8. The van der Waals surface area contributed by atoms with Crippen LogP contribution < -0.4 is 10.6 Å². The summed E-state index contributed by atoms with van der Waals surface area (Å²) in [4.78, 5) is 34.4. The van der Waals surface area contributed by atoms with E-state index >= 15 is 0 Å². The van der Waals surface area contributed by atoms with E-state index in [0.29, 0.717) is 19.1 Å². The summed E-state index contributed by atoms with van der Waals surface area (Å²) in [6.07, 6.45) is 4.59. The predicted molar refractivity (Wildman–Crippen MR) is 123 cm³/mol. The predicted octanol–water partition coefficient (Wildman–Crippen LogP) is -0.287. The van der Waals surface area contributed by atoms with Crippen molar-refractivity contribution in [3.05, 3.63) is 0 Å². The van der Waals surface area contributed by atoms with Crippen molar-refractivity contribution in [3.8, 4) is 0 Å². The smallest absolute Gasteiger partial charge is 0.243 e. The van der Waals surface area contributed by atoms with E-state index in [4.69, 9.17) is 4.74 Å². The lowest BCUT2D eigenvalue weighted by Gasteiger charge is -2.36. The topological polar surface area (TPSA) is 89.5 Å². The van der Waals surface area contributed by atoms with E-state index in [1.807, 2.05) is 0 Å². The number of likely N-dealkylation sites (N-methyl/N-ethyl adjacent to an activating group) is 1. The minimum atomic E-state index is -0.0215. The molecular weight excluding hydrogens is 487 g/mol. The van der Waals surface area contributed by atoms with Gasteiger partial charge in [-0.25, -0.2) is 4.99 Å². The van der Waals surface area contributed by atoms with Gasteiger partial charge in [0.1, 0.15) is 6.54 Å². The van der Waals surface area contributed by atoms with Gasteiger partial charge in [0.2, 0.25) is 11.8 Å². The molecule has 1 atom stereocenters. The molecule has 0 aromatic rings. The minimum absolute atomic E-state index is 0. The highest BCUT2D eigenvalue weighted by Gasteiger charge is 2.26. The first-order chi connectivity index (χ1) is 13.5. The Kier molecular flexibility index (Phi) is 9.90. The molecule has 0 aromatic carbocycles. The van der Waals surface area contributed by atoms with E-state index in [1.54, 1.807) is 19.0 Å². The summed E-state index contributed by atoms with van der Waals surface area (Å²) >= 11 is 0. The molecule has 2 amide bonds. The number of carbonyl (C=O) groups is 2. The van der Waals surface area contributed by atoms with Gasteiger partial charge in [-0.15, -0.1) is 24.0 Å². The maximum absolute atomic E-state index is 12.0. The van der Waals surface area contributed by atoms with E-state index in [2.05, 4.69) is 25.4 Å². The summed E-state index contributed by atoms with van der Waals surface area (Å²) in [6.45, 7) is 5.29. The third kappa shape index (κ3) is 8.25. The van der Waals surface area contributed by atoms with Crippen molar-refractivity contribution in [2.45, 2.75) is 37.8 Å². The molecule has 0 spiro atoms. The molecule has 166 valence electrons. The van der Waals surface area contributed by atoms with Crippen molar-refractivity contribution in [1.82, 2.24) is 25.3 Å². The minimum Gasteiger partial charge on any atom is -0.376 e. The van der Waals surface area contributed by atoms with Gasteiger partial charge >= 0.3 is 0 Å². The number of amides is 2. The van der Waals surface area contributed by atoms with E-state index < -0.39 is 0 Å². The van der Waals surface area contributed by atoms with Crippen LogP contribution in [0.1, 0.15) is 25.7 Å². The van der Waals surface area contributed by atoms with Gasteiger partial charge < -0.3 is 25.2 Å². The van der Waals surface area contributed by atoms with Gasteiger partial charge in [0.25, 0.3) is 0 Å². The van der Waals surface area contributed by atoms with Crippen LogP contribution in [0.25, 0.3) is 0 Å². The van der Waals surface area contributed by atoms with Gasteiger partial charge in [0, 0.05) is 59.5 Å². The fraction of sp³-hybridized carbons (Fsp3) is 0.842. The molecule has 2 aliphatic heterocycles. The highest BCUT2D eigenvalue weighted by atomic mass is 127. The molecule has 10 heteroatoms. The molecule has 2 heterocycles. The molecular formula is C19H35IN6O3. The Labute approximate surface area is 190 Å². The van der Waals surface area contributed by atoms with Crippen LogP contribution in [-0.4, -0.2) is 111 Å². The van der Waals surface area contributed by atoms with E-state index in [1.165, 1.54) is 0 Å². The molecule has 3 fully saturated rings. The lowest BCUT2D eigenvalue weighted by Crippen LogP contribution is -2.55. The van der Waals surface area contributed by atoms with Crippen LogP contribution in [-0.2, 0) is 14.3 Å². The number of nitrogens with zero attached hydrogens (tertiary/aromatic N) is 4. The summed E-state index contributed by atoms with van der Waals surface area (Å²) < 4.78 is 5.69. The quantitative estimate of drug-likeness (QED) is 0.272. The van der Waals surface area contributed by atoms with Crippen molar-refractivity contribution in [2.75, 3.05) is 66.5 Å². The Balaban J connectivity index is 0.00000300. The molecule has 2 saturated heterocycles. The molecule has 0 aromatic heterocycles. The molecule has 9 nitrogen and oxygen atoms in total. The highest BCUT2D eigenvalue weighted by Crippen LogP contribution is 2.18. The van der Waals surface area contributed by atoms with Crippen LogP contribution in [0.15, 0.2) is 4.99 Å². The number of aliphatic imine (C=N–C) groups is 1. The van der Waals surface area contributed by atoms with Gasteiger partial charge in [-0.05, 0) is 25.7 Å². The van der Waals surface area contributed by atoms with Crippen molar-refractivity contribution in [2.24, 2.45) is 4.99 Å². The van der Waals surface area contributed by atoms with E-state index in [0.717, 1.165) is 64.4 Å². The molecule has 2 N–H and O–H groups in total. The van der Waals surface area contributed by atoms with E-state index in [-0.39, 0.29) is 48.4 Å². The number of piperazine rings is 1. The number of carbonyl (C=O) groups excluding carboxylic acids is 2. The molecule has 1 unspecified atom stereocenters. The zero-order valence-electron chi connectivity index (χ0n) is 17.6. The monoisotopic (exact) mass is 522 g/mol. The molecule has 0 bridgehead atoms. The fourth-order valence-electron chi connectivity index (χ4n) is 3.38. The van der Waals surface area contributed by atoms with Gasteiger partial charge in [-0.3, -0.25) is 14.5 Å². The second-order valence-electron chi connectivity index (χ2n) is 8.05. The largest absolute Gasteiger partial charge is 0.376 e.